The first-order chi connectivity index (χ1) is 7.81. The van der Waals surface area contributed by atoms with Crippen LogP contribution in [0.5, 0.6) is 0 Å². The smallest absolute Gasteiger partial charge is 0.125 e. The molecule has 3 nitrogen and oxygen atoms in total. The van der Waals surface area contributed by atoms with E-state index < -0.39 is 0 Å². The van der Waals surface area contributed by atoms with Crippen molar-refractivity contribution in [1.29, 1.82) is 0 Å². The number of hydrogen-bond donors (Lipinski definition) is 1. The molecule has 0 saturated carbocycles. The molecule has 0 bridgehead atoms. The van der Waals surface area contributed by atoms with Gasteiger partial charge in [-0.25, -0.2) is 4.98 Å². The molecule has 1 N–H and O–H groups in total. The average molecular weight is 219 g/mol. The van der Waals surface area contributed by atoms with Crippen molar-refractivity contribution in [3.63, 3.8) is 0 Å². The maximum atomic E-state index is 4.44. The number of hydrogen-bond acceptors (Lipinski definition) is 3. The number of pyridine rings is 1. The minimum atomic E-state index is 0.567. The lowest BCUT2D eigenvalue weighted by Crippen LogP contribution is -2.29. The van der Waals surface area contributed by atoms with E-state index in [0.717, 1.165) is 12.4 Å². The van der Waals surface area contributed by atoms with Crippen molar-refractivity contribution in [2.75, 3.05) is 25.5 Å². The Labute approximate surface area is 97.9 Å². The molecule has 1 aromatic rings. The Morgan fingerprint density at radius 1 is 1.44 bits per heavy atom. The van der Waals surface area contributed by atoms with Gasteiger partial charge in [0.05, 0.1) is 0 Å². The lowest BCUT2D eigenvalue weighted by Gasteiger charge is -2.32. The van der Waals surface area contributed by atoms with Gasteiger partial charge in [0.25, 0.3) is 0 Å². The van der Waals surface area contributed by atoms with Crippen LogP contribution >= 0.6 is 0 Å². The van der Waals surface area contributed by atoms with Crippen LogP contribution in [0.25, 0.3) is 0 Å². The largest absolute Gasteiger partial charge is 0.370 e. The number of likely N-dealkylation sites (tertiary alicyclic amines) is 1. The normalized spacial score (nSPS) is 22.0. The van der Waals surface area contributed by atoms with Crippen molar-refractivity contribution < 1.29 is 0 Å². The molecule has 1 saturated heterocycles. The molecule has 16 heavy (non-hydrogen) atoms. The quantitative estimate of drug-likeness (QED) is 0.847. The van der Waals surface area contributed by atoms with Crippen molar-refractivity contribution in [2.45, 2.75) is 32.2 Å². The van der Waals surface area contributed by atoms with E-state index in [-0.39, 0.29) is 0 Å². The first-order valence-corrected chi connectivity index (χ1v) is 6.21. The second-order valence-corrected chi connectivity index (χ2v) is 4.50. The third-order valence-electron chi connectivity index (χ3n) is 3.30. The van der Waals surface area contributed by atoms with Crippen LogP contribution in [0.15, 0.2) is 18.3 Å². The topological polar surface area (TPSA) is 28.2 Å². The second kappa shape index (κ2) is 5.30. The summed E-state index contributed by atoms with van der Waals surface area (Å²) in [6.07, 6.45) is 5.95. The SMILES string of the molecule is CCNc1ccc([C@@H]2CCCCN2C)cn1. The average Bonchev–Trinajstić information content (AvgIpc) is 2.31. The molecule has 1 aliphatic rings. The Kier molecular flexibility index (Phi) is 3.78. The lowest BCUT2D eigenvalue weighted by molar-refractivity contribution is 0.187. The first kappa shape index (κ1) is 11.4. The summed E-state index contributed by atoms with van der Waals surface area (Å²) in [5.41, 5.74) is 1.35. The fourth-order valence-corrected chi connectivity index (χ4v) is 2.38. The maximum Gasteiger partial charge on any atom is 0.125 e. The standard InChI is InChI=1S/C13H21N3/c1-3-14-13-8-7-11(10-15-13)12-6-4-5-9-16(12)2/h7-8,10,12H,3-6,9H2,1-2H3,(H,14,15)/t12-/m0/s1. The van der Waals surface area contributed by atoms with Crippen molar-refractivity contribution in [2.24, 2.45) is 0 Å². The Hall–Kier alpha value is -1.09. The third-order valence-corrected chi connectivity index (χ3v) is 3.30. The van der Waals surface area contributed by atoms with E-state index in [1.54, 1.807) is 0 Å². The molecule has 0 spiro atoms. The molecule has 2 rings (SSSR count). The molecular formula is C13H21N3. The van der Waals surface area contributed by atoms with Crippen molar-refractivity contribution in [1.82, 2.24) is 9.88 Å². The van der Waals surface area contributed by atoms with Gasteiger partial charge in [-0.1, -0.05) is 12.5 Å². The summed E-state index contributed by atoms with van der Waals surface area (Å²) in [5.74, 6) is 0.977. The number of nitrogens with one attached hydrogen (secondary N) is 1. The van der Waals surface area contributed by atoms with Crippen LogP contribution in [0.2, 0.25) is 0 Å². The van der Waals surface area contributed by atoms with Crippen LogP contribution in [0, 0.1) is 0 Å². The van der Waals surface area contributed by atoms with Gasteiger partial charge in [0.1, 0.15) is 5.82 Å². The Morgan fingerprint density at radius 2 is 2.31 bits per heavy atom. The lowest BCUT2D eigenvalue weighted by atomic mass is 9.97. The highest BCUT2D eigenvalue weighted by Crippen LogP contribution is 2.29. The predicted molar refractivity (Wildman–Crippen MR) is 67.6 cm³/mol. The van der Waals surface area contributed by atoms with E-state index in [2.05, 4.69) is 41.3 Å². The molecular weight excluding hydrogens is 198 g/mol. The summed E-state index contributed by atoms with van der Waals surface area (Å²) in [6, 6.07) is 4.86. The van der Waals surface area contributed by atoms with Gasteiger partial charge in [-0.2, -0.15) is 0 Å². The van der Waals surface area contributed by atoms with Crippen molar-refractivity contribution >= 4 is 5.82 Å². The molecule has 0 amide bonds. The number of nitrogens with zero attached hydrogens (tertiary/aromatic N) is 2. The molecule has 1 fully saturated rings. The predicted octanol–water partition coefficient (Wildman–Crippen LogP) is 2.67. The fourth-order valence-electron chi connectivity index (χ4n) is 2.38. The van der Waals surface area contributed by atoms with Crippen LogP contribution < -0.4 is 5.32 Å². The molecule has 3 heteroatoms. The molecule has 88 valence electrons. The zero-order chi connectivity index (χ0) is 11.4. The van der Waals surface area contributed by atoms with Crippen molar-refractivity contribution in [3.05, 3.63) is 23.9 Å². The van der Waals surface area contributed by atoms with Crippen LogP contribution in [-0.4, -0.2) is 30.0 Å². The first-order valence-electron chi connectivity index (χ1n) is 6.21. The number of piperidine rings is 1. The van der Waals surface area contributed by atoms with Gasteiger partial charge in [0.15, 0.2) is 0 Å². The second-order valence-electron chi connectivity index (χ2n) is 4.50. The summed E-state index contributed by atoms with van der Waals surface area (Å²) in [4.78, 5) is 6.88. The van der Waals surface area contributed by atoms with Crippen molar-refractivity contribution in [3.8, 4) is 0 Å². The molecule has 0 aliphatic carbocycles. The zero-order valence-corrected chi connectivity index (χ0v) is 10.2. The number of rotatable bonds is 3. The maximum absolute atomic E-state index is 4.44. The van der Waals surface area contributed by atoms with Gasteiger partial charge in [0.2, 0.25) is 0 Å². The third kappa shape index (κ3) is 2.53. The summed E-state index contributed by atoms with van der Waals surface area (Å²) >= 11 is 0. The van der Waals surface area contributed by atoms with E-state index in [0.29, 0.717) is 6.04 Å². The van der Waals surface area contributed by atoms with Crippen LogP contribution in [0.1, 0.15) is 37.8 Å². The summed E-state index contributed by atoms with van der Waals surface area (Å²) in [6.45, 7) is 4.22. The van der Waals surface area contributed by atoms with E-state index in [9.17, 15) is 0 Å². The summed E-state index contributed by atoms with van der Waals surface area (Å²) < 4.78 is 0. The van der Waals surface area contributed by atoms with Gasteiger partial charge in [-0.05, 0) is 45.0 Å². The van der Waals surface area contributed by atoms with Crippen LogP contribution in [-0.2, 0) is 0 Å². The van der Waals surface area contributed by atoms with Gasteiger partial charge < -0.3 is 5.32 Å². The minimum absolute atomic E-state index is 0.567. The highest BCUT2D eigenvalue weighted by Gasteiger charge is 2.20. The monoisotopic (exact) mass is 219 g/mol. The Bertz CT molecular complexity index is 320. The Morgan fingerprint density at radius 3 is 2.94 bits per heavy atom. The van der Waals surface area contributed by atoms with Gasteiger partial charge in [-0.15, -0.1) is 0 Å². The molecule has 1 aliphatic heterocycles. The highest BCUT2D eigenvalue weighted by molar-refractivity contribution is 5.36. The summed E-state index contributed by atoms with van der Waals surface area (Å²) in [5, 5.41) is 3.22. The number of anilines is 1. The molecule has 0 unspecified atom stereocenters. The Balaban J connectivity index is 2.08. The van der Waals surface area contributed by atoms with Gasteiger partial charge in [-0.3, -0.25) is 4.90 Å². The fraction of sp³-hybridized carbons (Fsp3) is 0.615. The van der Waals surface area contributed by atoms with Crippen LogP contribution in [0.4, 0.5) is 5.82 Å². The van der Waals surface area contributed by atoms with Gasteiger partial charge in [0, 0.05) is 18.8 Å². The molecule has 2 heterocycles. The molecule has 0 aromatic carbocycles. The zero-order valence-electron chi connectivity index (χ0n) is 10.2. The van der Waals surface area contributed by atoms with Crippen LogP contribution in [0.3, 0.4) is 0 Å². The molecule has 1 atom stereocenters. The number of aromatic nitrogens is 1. The summed E-state index contributed by atoms with van der Waals surface area (Å²) in [7, 11) is 2.21. The highest BCUT2D eigenvalue weighted by atomic mass is 15.1. The van der Waals surface area contributed by atoms with E-state index in [4.69, 9.17) is 0 Å². The van der Waals surface area contributed by atoms with Gasteiger partial charge >= 0.3 is 0 Å². The molecule has 1 aromatic heterocycles. The molecule has 0 radical (unpaired) electrons. The van der Waals surface area contributed by atoms with E-state index >= 15 is 0 Å². The van der Waals surface area contributed by atoms with E-state index in [1.165, 1.54) is 31.4 Å². The van der Waals surface area contributed by atoms with E-state index in [1.807, 2.05) is 6.20 Å². The minimum Gasteiger partial charge on any atom is -0.370 e.